The van der Waals surface area contributed by atoms with Crippen LogP contribution in [0.5, 0.6) is 0 Å². The van der Waals surface area contributed by atoms with Gasteiger partial charge in [-0.1, -0.05) is 147 Å². The van der Waals surface area contributed by atoms with Crippen LogP contribution in [0.4, 0.5) is 0 Å². The molecule has 0 aromatic heterocycles. The van der Waals surface area contributed by atoms with Crippen LogP contribution in [-0.4, -0.2) is 118 Å². The van der Waals surface area contributed by atoms with Gasteiger partial charge in [0.25, 0.3) is 0 Å². The Morgan fingerprint density at radius 2 is 0.614 bits per heavy atom. The number of unbranched alkanes of at least 4 members (excludes halogenated alkanes) is 6. The number of aliphatic hydroxyl groups excluding tert-OH is 6. The normalized spacial score (nSPS) is 37.4. The van der Waals surface area contributed by atoms with Crippen LogP contribution in [0.25, 0.3) is 0 Å². The molecule has 3 fully saturated rings. The van der Waals surface area contributed by atoms with Gasteiger partial charge in [0, 0.05) is 14.5 Å². The average molecular weight is 1010 g/mol. The van der Waals surface area contributed by atoms with Crippen LogP contribution >= 0.6 is 47.8 Å². The summed E-state index contributed by atoms with van der Waals surface area (Å²) in [6.45, 7) is 12.9. The highest BCUT2D eigenvalue weighted by Crippen LogP contribution is 2.30. The topological polar surface area (TPSA) is 149 Å². The quantitative estimate of drug-likeness (QED) is 0.0697. The van der Waals surface area contributed by atoms with Crippen molar-refractivity contribution < 1.29 is 44.8 Å². The molecule has 3 saturated heterocycles. The molecule has 0 aromatic carbocycles. The van der Waals surface area contributed by atoms with Gasteiger partial charge < -0.3 is 44.8 Å². The molecule has 57 heavy (non-hydrogen) atoms. The van der Waals surface area contributed by atoms with Crippen molar-refractivity contribution in [2.24, 2.45) is 0 Å². The van der Waals surface area contributed by atoms with Crippen molar-refractivity contribution in [3.05, 3.63) is 0 Å². The number of hydrogen-bond donors (Lipinski definition) is 6. The maximum Gasteiger partial charge on any atom is 0.0810 e. The summed E-state index contributed by atoms with van der Waals surface area (Å²) >= 11 is 10.8. The van der Waals surface area contributed by atoms with E-state index < -0.39 is 36.6 Å². The average Bonchev–Trinajstić information content (AvgIpc) is 3.30. The van der Waals surface area contributed by atoms with E-state index in [1.807, 2.05) is 0 Å². The maximum absolute atomic E-state index is 9.96. The Balaban J connectivity index is 0.000000427. The van der Waals surface area contributed by atoms with Crippen molar-refractivity contribution in [3.63, 3.8) is 0 Å². The standard InChI is InChI=1S/3C15H29BrO3/c3*1-3-5-6-7-11-8-9-13(17)14(18)10-12(16)15(4-2)19-11/h3*11-15,17-18H,3-10H2,1-2H3/t3*11?,12-,13?,14+,15?/m000/s1. The third-order valence-corrected chi connectivity index (χ3v) is 14.9. The molecule has 0 saturated carbocycles. The first-order chi connectivity index (χ1) is 27.2. The molecular weight excluding hydrogens is 924 g/mol. The summed E-state index contributed by atoms with van der Waals surface area (Å²) in [7, 11) is 0. The van der Waals surface area contributed by atoms with Gasteiger partial charge in [0.05, 0.1) is 73.2 Å². The van der Waals surface area contributed by atoms with E-state index in [4.69, 9.17) is 14.2 Å². The van der Waals surface area contributed by atoms with Crippen molar-refractivity contribution in [2.45, 2.75) is 283 Å². The molecule has 0 spiro atoms. The van der Waals surface area contributed by atoms with E-state index >= 15 is 0 Å². The molecule has 0 bridgehead atoms. The third-order valence-electron chi connectivity index (χ3n) is 12.0. The molecule has 3 aliphatic heterocycles. The fraction of sp³-hybridized carbons (Fsp3) is 1.00. The highest BCUT2D eigenvalue weighted by molar-refractivity contribution is 9.10. The summed E-state index contributed by atoms with van der Waals surface area (Å²) in [4.78, 5) is 0.358. The van der Waals surface area contributed by atoms with Crippen molar-refractivity contribution >= 4 is 47.8 Å². The third kappa shape index (κ3) is 23.9. The molecular formula is C45H87Br3O9. The summed E-state index contributed by atoms with van der Waals surface area (Å²) in [6, 6.07) is 0. The number of rotatable bonds is 15. The van der Waals surface area contributed by atoms with E-state index in [1.54, 1.807) is 0 Å². The smallest absolute Gasteiger partial charge is 0.0810 e. The predicted octanol–water partition coefficient (Wildman–Crippen LogP) is 10.2. The Kier molecular flexibility index (Phi) is 33.1. The summed E-state index contributed by atoms with van der Waals surface area (Å²) < 4.78 is 18.6. The Hall–Kier alpha value is 1.08. The first kappa shape index (κ1) is 56.1. The van der Waals surface area contributed by atoms with Crippen LogP contribution in [0, 0.1) is 0 Å². The molecule has 0 radical (unpaired) electrons. The van der Waals surface area contributed by atoms with E-state index in [2.05, 4.69) is 89.3 Å². The molecule has 0 aromatic rings. The van der Waals surface area contributed by atoms with Crippen LogP contribution in [0.1, 0.15) is 196 Å². The van der Waals surface area contributed by atoms with Crippen molar-refractivity contribution in [1.29, 1.82) is 0 Å². The number of hydrogen-bond acceptors (Lipinski definition) is 9. The molecule has 342 valence electrons. The van der Waals surface area contributed by atoms with Crippen LogP contribution in [0.2, 0.25) is 0 Å². The van der Waals surface area contributed by atoms with Gasteiger partial charge in [-0.3, -0.25) is 0 Å². The molecule has 3 rings (SSSR count). The lowest BCUT2D eigenvalue weighted by atomic mass is 10.0. The van der Waals surface area contributed by atoms with Crippen molar-refractivity contribution in [1.82, 2.24) is 0 Å². The Morgan fingerprint density at radius 3 is 0.825 bits per heavy atom. The minimum absolute atomic E-state index is 0.119. The molecule has 0 amide bonds. The van der Waals surface area contributed by atoms with Gasteiger partial charge in [0.2, 0.25) is 0 Å². The van der Waals surface area contributed by atoms with Crippen molar-refractivity contribution in [2.75, 3.05) is 0 Å². The van der Waals surface area contributed by atoms with Crippen LogP contribution in [0.3, 0.4) is 0 Å². The first-order valence-corrected chi connectivity index (χ1v) is 26.0. The summed E-state index contributed by atoms with van der Waals surface area (Å²) in [6.07, 6.45) is 20.3. The van der Waals surface area contributed by atoms with Gasteiger partial charge in [-0.25, -0.2) is 0 Å². The molecule has 6 N–H and O–H groups in total. The van der Waals surface area contributed by atoms with Crippen LogP contribution < -0.4 is 0 Å². The summed E-state index contributed by atoms with van der Waals surface area (Å²) in [5.74, 6) is 0. The van der Waals surface area contributed by atoms with Gasteiger partial charge in [-0.05, 0) is 96.3 Å². The van der Waals surface area contributed by atoms with Gasteiger partial charge in [-0.2, -0.15) is 0 Å². The summed E-state index contributed by atoms with van der Waals surface area (Å²) in [5.41, 5.74) is 0. The second-order valence-electron chi connectivity index (χ2n) is 17.0. The lowest BCUT2D eigenvalue weighted by molar-refractivity contribution is -0.0237. The number of aliphatic hydroxyl groups is 6. The second-order valence-corrected chi connectivity index (χ2v) is 20.5. The lowest BCUT2D eigenvalue weighted by Gasteiger charge is -2.26. The van der Waals surface area contributed by atoms with E-state index in [-0.39, 0.29) is 51.1 Å². The minimum Gasteiger partial charge on any atom is -0.390 e. The van der Waals surface area contributed by atoms with E-state index in [1.165, 1.54) is 57.8 Å². The Morgan fingerprint density at radius 1 is 0.368 bits per heavy atom. The van der Waals surface area contributed by atoms with Gasteiger partial charge in [-0.15, -0.1) is 0 Å². The summed E-state index contributed by atoms with van der Waals surface area (Å²) in [5, 5.41) is 59.7. The fourth-order valence-corrected chi connectivity index (χ4v) is 10.7. The number of halogens is 3. The number of ether oxygens (including phenoxy) is 3. The maximum atomic E-state index is 9.96. The molecule has 15 atom stereocenters. The molecule has 3 heterocycles. The molecule has 12 heteroatoms. The predicted molar refractivity (Wildman–Crippen MR) is 245 cm³/mol. The van der Waals surface area contributed by atoms with Gasteiger partial charge >= 0.3 is 0 Å². The van der Waals surface area contributed by atoms with Gasteiger partial charge in [0.15, 0.2) is 0 Å². The SMILES string of the molecule is CCCCCC1CCC(O)[C@H](O)C[C@H](Br)C(CC)O1.CCCCCC1CCC(O)[C@H](O)C[C@H](Br)C(CC)O1.CCCCCC1CCC(O)[C@H](O)C[C@H](Br)C(CC)O1. The number of alkyl halides is 3. The molecule has 3 aliphatic rings. The van der Waals surface area contributed by atoms with E-state index in [0.717, 1.165) is 57.8 Å². The molecule has 0 aliphatic carbocycles. The lowest BCUT2D eigenvalue weighted by Crippen LogP contribution is -2.32. The van der Waals surface area contributed by atoms with Crippen molar-refractivity contribution in [3.8, 4) is 0 Å². The first-order valence-electron chi connectivity index (χ1n) is 23.2. The van der Waals surface area contributed by atoms with Gasteiger partial charge in [0.1, 0.15) is 0 Å². The zero-order valence-electron chi connectivity index (χ0n) is 36.7. The van der Waals surface area contributed by atoms with Crippen LogP contribution in [-0.2, 0) is 14.2 Å². The monoisotopic (exact) mass is 1010 g/mol. The highest BCUT2D eigenvalue weighted by Gasteiger charge is 2.32. The zero-order chi connectivity index (χ0) is 42.8. The molecule has 9 nitrogen and oxygen atoms in total. The van der Waals surface area contributed by atoms with E-state index in [9.17, 15) is 30.6 Å². The second kappa shape index (κ2) is 33.6. The molecule has 9 unspecified atom stereocenters. The largest absolute Gasteiger partial charge is 0.390 e. The zero-order valence-corrected chi connectivity index (χ0v) is 41.4. The Bertz CT molecular complexity index is 826. The highest BCUT2D eigenvalue weighted by atomic mass is 79.9. The minimum atomic E-state index is -0.642. The fourth-order valence-electron chi connectivity index (χ4n) is 8.03. The van der Waals surface area contributed by atoms with Crippen LogP contribution in [0.15, 0.2) is 0 Å². The van der Waals surface area contributed by atoms with E-state index in [0.29, 0.717) is 38.5 Å². The Labute approximate surface area is 373 Å².